The zero-order valence-electron chi connectivity index (χ0n) is 21.5. The summed E-state index contributed by atoms with van der Waals surface area (Å²) in [6.45, 7) is 5.59. The summed E-state index contributed by atoms with van der Waals surface area (Å²) in [5.41, 5.74) is 1.01. The van der Waals surface area contributed by atoms with Gasteiger partial charge in [-0.3, -0.25) is 9.59 Å². The first kappa shape index (κ1) is 27.2. The maximum absolute atomic E-state index is 13.9. The number of carbonyl (C=O) groups is 2. The summed E-state index contributed by atoms with van der Waals surface area (Å²) in [5, 5.41) is 21.5. The smallest absolute Gasteiger partial charge is 0.248 e. The Morgan fingerprint density at radius 3 is 2.57 bits per heavy atom. The molecule has 10 nitrogen and oxygen atoms in total. The molecular formula is C25H34FN5O5S. The molecule has 12 heteroatoms. The normalized spacial score (nSPS) is 21.2. The van der Waals surface area contributed by atoms with Crippen LogP contribution in [0.3, 0.4) is 0 Å². The number of sulfone groups is 1. The number of aliphatic hydroxyl groups excluding tert-OH is 1. The van der Waals surface area contributed by atoms with Crippen LogP contribution >= 0.6 is 0 Å². The van der Waals surface area contributed by atoms with E-state index < -0.39 is 45.2 Å². The lowest BCUT2D eigenvalue weighted by atomic mass is 9.85. The molecule has 1 saturated carbocycles. The highest BCUT2D eigenvalue weighted by Crippen LogP contribution is 2.40. The predicted octanol–water partition coefficient (Wildman–Crippen LogP) is 1.70. The van der Waals surface area contributed by atoms with E-state index in [4.69, 9.17) is 0 Å². The number of aliphatic hydroxyl groups is 1. The average Bonchev–Trinajstić information content (AvgIpc) is 3.39. The first-order valence-electron chi connectivity index (χ1n) is 12.4. The summed E-state index contributed by atoms with van der Waals surface area (Å²) in [4.78, 5) is 28.4. The number of hydrogen-bond acceptors (Lipinski definition) is 7. The lowest BCUT2D eigenvalue weighted by molar-refractivity contribution is -0.144. The second-order valence-corrected chi connectivity index (χ2v) is 13.4. The largest absolute Gasteiger partial charge is 0.391 e. The maximum Gasteiger partial charge on any atom is 0.248 e. The van der Waals surface area contributed by atoms with Crippen molar-refractivity contribution in [3.8, 4) is 0 Å². The third-order valence-electron chi connectivity index (χ3n) is 6.75. The highest BCUT2D eigenvalue weighted by Gasteiger charge is 2.45. The molecular weight excluding hydrogens is 501 g/mol. The maximum atomic E-state index is 13.9. The Kier molecular flexibility index (Phi) is 7.44. The molecule has 2 unspecified atom stereocenters. The molecule has 0 spiro atoms. The highest BCUT2D eigenvalue weighted by atomic mass is 32.2. The van der Waals surface area contributed by atoms with Crippen molar-refractivity contribution in [3.05, 3.63) is 47.0 Å². The van der Waals surface area contributed by atoms with E-state index in [2.05, 4.69) is 15.6 Å². The van der Waals surface area contributed by atoms with Gasteiger partial charge in [0, 0.05) is 37.9 Å². The number of halogens is 1. The zero-order chi connectivity index (χ0) is 27.1. The van der Waals surface area contributed by atoms with Crippen molar-refractivity contribution in [2.45, 2.75) is 76.4 Å². The summed E-state index contributed by atoms with van der Waals surface area (Å²) >= 11 is 0. The topological polar surface area (TPSA) is 134 Å². The van der Waals surface area contributed by atoms with Crippen molar-refractivity contribution >= 4 is 21.7 Å². The molecule has 2 amide bonds. The van der Waals surface area contributed by atoms with E-state index in [1.165, 1.54) is 23.1 Å². The third-order valence-corrected chi connectivity index (χ3v) is 7.58. The van der Waals surface area contributed by atoms with Gasteiger partial charge in [-0.1, -0.05) is 32.1 Å². The number of benzene rings is 1. The lowest BCUT2D eigenvalue weighted by Gasteiger charge is -2.34. The summed E-state index contributed by atoms with van der Waals surface area (Å²) in [6.07, 6.45) is 4.14. The third kappa shape index (κ3) is 6.53. The fourth-order valence-corrected chi connectivity index (χ4v) is 5.66. The summed E-state index contributed by atoms with van der Waals surface area (Å²) in [7, 11) is -3.38. The van der Waals surface area contributed by atoms with E-state index in [1.807, 2.05) is 20.8 Å². The molecule has 1 aliphatic carbocycles. The Hall–Kier alpha value is -2.86. The van der Waals surface area contributed by atoms with Crippen molar-refractivity contribution < 1.29 is 27.5 Å². The Labute approximate surface area is 216 Å². The van der Waals surface area contributed by atoms with Gasteiger partial charge in [0.2, 0.25) is 11.8 Å². The number of nitrogens with zero attached hydrogens (tertiary/aromatic N) is 4. The van der Waals surface area contributed by atoms with Crippen molar-refractivity contribution in [2.24, 2.45) is 5.41 Å². The number of nitrogens with one attached hydrogen (secondary N) is 1. The van der Waals surface area contributed by atoms with E-state index in [0.717, 1.165) is 24.8 Å². The van der Waals surface area contributed by atoms with Gasteiger partial charge in [-0.2, -0.15) is 0 Å². The van der Waals surface area contributed by atoms with Gasteiger partial charge in [-0.15, -0.1) is 5.10 Å². The number of rotatable bonds is 8. The summed E-state index contributed by atoms with van der Waals surface area (Å²) in [6, 6.07) is 2.06. The van der Waals surface area contributed by atoms with Gasteiger partial charge >= 0.3 is 0 Å². The molecule has 1 saturated heterocycles. The molecule has 0 bridgehead atoms. The second-order valence-electron chi connectivity index (χ2n) is 11.3. The first-order valence-corrected chi connectivity index (χ1v) is 14.4. The number of hydrogen-bond donors (Lipinski definition) is 2. The molecule has 2 aliphatic rings. The van der Waals surface area contributed by atoms with Gasteiger partial charge in [-0.05, 0) is 41.5 Å². The first-order chi connectivity index (χ1) is 17.2. The predicted molar refractivity (Wildman–Crippen MR) is 133 cm³/mol. The Morgan fingerprint density at radius 2 is 1.95 bits per heavy atom. The van der Waals surface area contributed by atoms with Gasteiger partial charge < -0.3 is 15.3 Å². The Morgan fingerprint density at radius 1 is 1.24 bits per heavy atom. The van der Waals surface area contributed by atoms with Gasteiger partial charge in [0.15, 0.2) is 9.84 Å². The summed E-state index contributed by atoms with van der Waals surface area (Å²) < 4.78 is 39.0. The van der Waals surface area contributed by atoms with Crippen LogP contribution in [0.4, 0.5) is 4.39 Å². The molecule has 1 aromatic heterocycles. The van der Waals surface area contributed by atoms with Gasteiger partial charge in [0.25, 0.3) is 0 Å². The van der Waals surface area contributed by atoms with E-state index >= 15 is 0 Å². The van der Waals surface area contributed by atoms with Crippen molar-refractivity contribution in [2.75, 3.05) is 12.8 Å². The van der Waals surface area contributed by atoms with Crippen LogP contribution in [0, 0.1) is 11.2 Å². The Balaban J connectivity index is 1.52. The van der Waals surface area contributed by atoms with Crippen LogP contribution in [-0.4, -0.2) is 70.2 Å². The molecule has 4 rings (SSSR count). The molecule has 2 heterocycles. The monoisotopic (exact) mass is 535 g/mol. The number of likely N-dealkylation sites (tertiary alicyclic amines) is 1. The van der Waals surface area contributed by atoms with Crippen LogP contribution in [0.1, 0.15) is 68.8 Å². The number of aromatic nitrogens is 3. The molecule has 2 fully saturated rings. The average molecular weight is 536 g/mol. The molecule has 2 N–H and O–H groups in total. The van der Waals surface area contributed by atoms with Gasteiger partial charge in [0.05, 0.1) is 17.6 Å². The second kappa shape index (κ2) is 10.1. The molecule has 3 atom stereocenters. The van der Waals surface area contributed by atoms with Crippen molar-refractivity contribution in [1.29, 1.82) is 0 Å². The van der Waals surface area contributed by atoms with Crippen LogP contribution in [0.5, 0.6) is 0 Å². The zero-order valence-corrected chi connectivity index (χ0v) is 22.3. The minimum atomic E-state index is -3.38. The molecule has 0 radical (unpaired) electrons. The van der Waals surface area contributed by atoms with E-state index in [9.17, 15) is 27.5 Å². The quantitative estimate of drug-likeness (QED) is 0.525. The van der Waals surface area contributed by atoms with Crippen LogP contribution in [-0.2, 0) is 31.7 Å². The molecule has 1 aliphatic heterocycles. The Bertz CT molecular complexity index is 1280. The van der Waals surface area contributed by atoms with Crippen molar-refractivity contribution in [1.82, 2.24) is 25.2 Å². The van der Waals surface area contributed by atoms with Crippen LogP contribution in [0.25, 0.3) is 0 Å². The van der Waals surface area contributed by atoms with E-state index in [-0.39, 0.29) is 31.2 Å². The lowest BCUT2D eigenvalue weighted by Crippen LogP contribution is -2.50. The highest BCUT2D eigenvalue weighted by molar-refractivity contribution is 7.89. The van der Waals surface area contributed by atoms with Gasteiger partial charge in [-0.25, -0.2) is 17.5 Å². The number of carbonyl (C=O) groups excluding carboxylic acids is 2. The van der Waals surface area contributed by atoms with E-state index in [1.54, 1.807) is 10.9 Å². The molecule has 37 heavy (non-hydrogen) atoms. The SMILES string of the molecule is CC(C)(C)[C@@H](C(=O)N1CC(O)CC1C(=O)NCc1cc(F)ccc1CS(C)(=O)=O)n1cc(C2CC2)nn1. The fourth-order valence-electron chi connectivity index (χ4n) is 4.81. The molecule has 202 valence electrons. The standard InChI is InChI=1S/C25H34FN5O5S/c1-25(2,3)22(31-13-20(28-29-31)15-5-6-15)24(34)30-12-19(32)10-21(30)23(33)27-11-17-9-18(26)8-7-16(17)14-37(4,35)36/h7-9,13,15,19,21-22,32H,5-6,10-12,14H2,1-4H3,(H,27,33)/t19?,21?,22-/m1/s1. The number of β-amino-alcohol motifs (C(OH)–C–C–N with tert-alkyl or cyclic N) is 1. The van der Waals surface area contributed by atoms with E-state index in [0.29, 0.717) is 17.0 Å². The van der Waals surface area contributed by atoms with Crippen LogP contribution < -0.4 is 5.32 Å². The molecule has 1 aromatic carbocycles. The minimum Gasteiger partial charge on any atom is -0.391 e. The van der Waals surface area contributed by atoms with Crippen LogP contribution in [0.2, 0.25) is 0 Å². The van der Waals surface area contributed by atoms with Crippen LogP contribution in [0.15, 0.2) is 24.4 Å². The number of amides is 2. The fraction of sp³-hybridized carbons (Fsp3) is 0.600. The summed E-state index contributed by atoms with van der Waals surface area (Å²) in [5.74, 6) is -1.34. The molecule has 2 aromatic rings. The van der Waals surface area contributed by atoms with Gasteiger partial charge in [0.1, 0.15) is 17.9 Å². The minimum absolute atomic E-state index is 0.00697. The van der Waals surface area contributed by atoms with Crippen molar-refractivity contribution in [3.63, 3.8) is 0 Å².